The Labute approximate surface area is 93.7 Å². The van der Waals surface area contributed by atoms with Crippen molar-refractivity contribution in [3.05, 3.63) is 23.3 Å². The van der Waals surface area contributed by atoms with Gasteiger partial charge in [-0.15, -0.1) is 0 Å². The first-order chi connectivity index (χ1) is 7.74. The molecule has 82 valence electrons. The largest absolute Gasteiger partial charge is 0.240 e. The van der Waals surface area contributed by atoms with Crippen LogP contribution in [-0.2, 0) is 16.0 Å². The minimum Gasteiger partial charge on any atom is -0.211 e. The summed E-state index contributed by atoms with van der Waals surface area (Å²) in [7, 11) is 0. The Hall–Kier alpha value is -2.02. The molecule has 4 nitrogen and oxygen atoms in total. The lowest BCUT2D eigenvalue weighted by atomic mass is 10.0. The zero-order chi connectivity index (χ0) is 12.0. The van der Waals surface area contributed by atoms with Crippen molar-refractivity contribution >= 4 is 23.5 Å². The molecule has 16 heavy (non-hydrogen) atoms. The second-order valence-electron chi connectivity index (χ2n) is 3.38. The van der Waals surface area contributed by atoms with Crippen molar-refractivity contribution in [2.45, 2.75) is 26.7 Å². The molecule has 4 heteroatoms. The van der Waals surface area contributed by atoms with Crippen molar-refractivity contribution in [1.29, 1.82) is 0 Å². The van der Waals surface area contributed by atoms with E-state index in [2.05, 4.69) is 9.98 Å². The van der Waals surface area contributed by atoms with E-state index in [0.29, 0.717) is 11.4 Å². The fourth-order valence-electron chi connectivity index (χ4n) is 1.60. The molecule has 0 atom stereocenters. The molecule has 0 radical (unpaired) electrons. The first kappa shape index (κ1) is 12.1. The van der Waals surface area contributed by atoms with Gasteiger partial charge in [0.2, 0.25) is 12.2 Å². The van der Waals surface area contributed by atoms with Crippen LogP contribution in [0.1, 0.15) is 24.5 Å². The number of aliphatic imine (C=N–C) groups is 2. The summed E-state index contributed by atoms with van der Waals surface area (Å²) in [6.45, 7) is 3.97. The van der Waals surface area contributed by atoms with Gasteiger partial charge >= 0.3 is 0 Å². The molecule has 0 unspecified atom stereocenters. The average Bonchev–Trinajstić information content (AvgIpc) is 2.27. The fraction of sp³-hybridized carbons (Fsp3) is 0.333. The normalized spacial score (nSPS) is 9.12. The summed E-state index contributed by atoms with van der Waals surface area (Å²) < 4.78 is 0. The van der Waals surface area contributed by atoms with Gasteiger partial charge in [-0.2, -0.15) is 9.98 Å². The van der Waals surface area contributed by atoms with E-state index in [9.17, 15) is 9.59 Å². The second kappa shape index (κ2) is 5.76. The smallest absolute Gasteiger partial charge is 0.211 e. The van der Waals surface area contributed by atoms with Crippen molar-refractivity contribution < 1.29 is 9.59 Å². The standard InChI is InChI=1S/C12H12N2O2/c1-3-4-10-9(2)5-6-11(13-7-15)12(10)14-8-16/h5-6H,3-4H2,1-2H3. The number of hydrogen-bond donors (Lipinski definition) is 0. The van der Waals surface area contributed by atoms with Gasteiger partial charge in [0.05, 0.1) is 0 Å². The molecule has 0 aromatic heterocycles. The summed E-state index contributed by atoms with van der Waals surface area (Å²) >= 11 is 0. The minimum absolute atomic E-state index is 0.368. The molecule has 1 aromatic carbocycles. The molecule has 0 amide bonds. The van der Waals surface area contributed by atoms with Gasteiger partial charge in [0.1, 0.15) is 11.4 Å². The monoisotopic (exact) mass is 216 g/mol. The van der Waals surface area contributed by atoms with Crippen molar-refractivity contribution in [3.8, 4) is 0 Å². The molecular formula is C12H12N2O2. The number of hydrogen-bond acceptors (Lipinski definition) is 4. The van der Waals surface area contributed by atoms with Gasteiger partial charge in [-0.1, -0.05) is 19.4 Å². The van der Waals surface area contributed by atoms with E-state index in [4.69, 9.17) is 0 Å². The van der Waals surface area contributed by atoms with E-state index < -0.39 is 0 Å². The molecule has 0 saturated heterocycles. The minimum atomic E-state index is 0.368. The second-order valence-corrected chi connectivity index (χ2v) is 3.38. The summed E-state index contributed by atoms with van der Waals surface area (Å²) in [5.74, 6) is 0. The van der Waals surface area contributed by atoms with Crippen molar-refractivity contribution in [3.63, 3.8) is 0 Å². The molecule has 0 N–H and O–H groups in total. The highest BCUT2D eigenvalue weighted by Gasteiger charge is 2.09. The summed E-state index contributed by atoms with van der Waals surface area (Å²) in [5.41, 5.74) is 2.76. The molecule has 0 bridgehead atoms. The lowest BCUT2D eigenvalue weighted by molar-refractivity contribution is 0.564. The lowest BCUT2D eigenvalue weighted by Gasteiger charge is -2.08. The molecule has 0 aliphatic heterocycles. The van der Waals surface area contributed by atoms with E-state index in [0.717, 1.165) is 24.0 Å². The summed E-state index contributed by atoms with van der Waals surface area (Å²) in [6, 6.07) is 3.50. The molecule has 1 rings (SSSR count). The van der Waals surface area contributed by atoms with Gasteiger partial charge in [0, 0.05) is 0 Å². The van der Waals surface area contributed by atoms with E-state index >= 15 is 0 Å². The Bertz CT molecular complexity index is 482. The number of rotatable bonds is 4. The maximum atomic E-state index is 10.4. The van der Waals surface area contributed by atoms with Crippen LogP contribution in [0.2, 0.25) is 0 Å². The molecule has 0 spiro atoms. The van der Waals surface area contributed by atoms with Crippen molar-refractivity contribution in [2.24, 2.45) is 9.98 Å². The number of aryl methyl sites for hydroxylation is 1. The Morgan fingerprint density at radius 3 is 2.44 bits per heavy atom. The van der Waals surface area contributed by atoms with Gasteiger partial charge in [-0.3, -0.25) is 0 Å². The number of carbonyl (C=O) groups excluding carboxylic acids is 2. The number of benzene rings is 1. The van der Waals surface area contributed by atoms with Crippen molar-refractivity contribution in [1.82, 2.24) is 0 Å². The Kier molecular flexibility index (Phi) is 4.34. The molecule has 0 fully saturated rings. The SMILES string of the molecule is CCCc1c(C)ccc(N=C=O)c1N=C=O. The zero-order valence-electron chi connectivity index (χ0n) is 9.28. The van der Waals surface area contributed by atoms with Crippen LogP contribution in [0.25, 0.3) is 0 Å². The predicted octanol–water partition coefficient (Wildman–Crippen LogP) is 2.88. The van der Waals surface area contributed by atoms with E-state index in [1.807, 2.05) is 19.9 Å². The third kappa shape index (κ3) is 2.51. The molecule has 0 saturated carbocycles. The predicted molar refractivity (Wildman–Crippen MR) is 60.7 cm³/mol. The quantitative estimate of drug-likeness (QED) is 0.574. The van der Waals surface area contributed by atoms with Crippen LogP contribution >= 0.6 is 0 Å². The van der Waals surface area contributed by atoms with Crippen LogP contribution in [0.4, 0.5) is 11.4 Å². The molecule has 1 aromatic rings. The number of nitrogens with zero attached hydrogens (tertiary/aromatic N) is 2. The Balaban J connectivity index is 3.47. The van der Waals surface area contributed by atoms with Gasteiger partial charge in [-0.05, 0) is 30.5 Å². The molecule has 0 aliphatic carbocycles. The summed E-state index contributed by atoms with van der Waals surface area (Å²) in [6.07, 6.45) is 4.66. The van der Waals surface area contributed by atoms with Crippen LogP contribution in [0.3, 0.4) is 0 Å². The maximum absolute atomic E-state index is 10.4. The van der Waals surface area contributed by atoms with Gasteiger partial charge in [0.15, 0.2) is 0 Å². The third-order valence-electron chi connectivity index (χ3n) is 2.32. The van der Waals surface area contributed by atoms with E-state index in [1.54, 1.807) is 6.07 Å². The van der Waals surface area contributed by atoms with E-state index in [1.165, 1.54) is 12.2 Å². The highest BCUT2D eigenvalue weighted by atomic mass is 16.1. The van der Waals surface area contributed by atoms with Gasteiger partial charge in [0.25, 0.3) is 0 Å². The maximum Gasteiger partial charge on any atom is 0.240 e. The molecular weight excluding hydrogens is 204 g/mol. The van der Waals surface area contributed by atoms with E-state index in [-0.39, 0.29) is 0 Å². The van der Waals surface area contributed by atoms with Crippen LogP contribution in [0.15, 0.2) is 22.1 Å². The molecule has 0 heterocycles. The fourth-order valence-corrected chi connectivity index (χ4v) is 1.60. The number of isocyanates is 2. The van der Waals surface area contributed by atoms with Crippen LogP contribution in [-0.4, -0.2) is 12.2 Å². The lowest BCUT2D eigenvalue weighted by Crippen LogP contribution is -1.89. The summed E-state index contributed by atoms with van der Waals surface area (Å²) in [4.78, 5) is 27.8. The topological polar surface area (TPSA) is 58.9 Å². The first-order valence-corrected chi connectivity index (χ1v) is 5.02. The molecule has 0 aliphatic rings. The zero-order valence-corrected chi connectivity index (χ0v) is 9.28. The van der Waals surface area contributed by atoms with Gasteiger partial charge < -0.3 is 0 Å². The third-order valence-corrected chi connectivity index (χ3v) is 2.32. The highest BCUT2D eigenvalue weighted by Crippen LogP contribution is 2.34. The van der Waals surface area contributed by atoms with Crippen LogP contribution in [0.5, 0.6) is 0 Å². The van der Waals surface area contributed by atoms with Gasteiger partial charge in [-0.25, -0.2) is 9.59 Å². The van der Waals surface area contributed by atoms with Crippen LogP contribution < -0.4 is 0 Å². The Morgan fingerprint density at radius 2 is 1.88 bits per heavy atom. The van der Waals surface area contributed by atoms with Crippen molar-refractivity contribution in [2.75, 3.05) is 0 Å². The Morgan fingerprint density at radius 1 is 1.19 bits per heavy atom. The average molecular weight is 216 g/mol. The first-order valence-electron chi connectivity index (χ1n) is 5.02. The van der Waals surface area contributed by atoms with Crippen LogP contribution in [0, 0.1) is 6.92 Å². The summed E-state index contributed by atoms with van der Waals surface area (Å²) in [5, 5.41) is 0. The highest BCUT2D eigenvalue weighted by molar-refractivity contribution is 5.73.